The van der Waals surface area contributed by atoms with Gasteiger partial charge >= 0.3 is 16.1 Å². The quantitative estimate of drug-likeness (QED) is 0.232. The van der Waals surface area contributed by atoms with Crippen molar-refractivity contribution in [3.8, 4) is 17.2 Å². The zero-order chi connectivity index (χ0) is 27.6. The summed E-state index contributed by atoms with van der Waals surface area (Å²) in [5.41, 5.74) is 0.960. The van der Waals surface area contributed by atoms with Crippen molar-refractivity contribution in [3.63, 3.8) is 0 Å². The van der Waals surface area contributed by atoms with Crippen LogP contribution in [0.5, 0.6) is 17.2 Å². The van der Waals surface area contributed by atoms with Gasteiger partial charge in [-0.05, 0) is 89.9 Å². The summed E-state index contributed by atoms with van der Waals surface area (Å²) in [5, 5.41) is 11.6. The molecule has 3 aromatic rings. The number of carbonyl (C=O) groups excluding carboxylic acids is 3. The van der Waals surface area contributed by atoms with Crippen LogP contribution in [0, 0.1) is 6.92 Å². The smallest absolute Gasteiger partial charge is 0.339 e. The van der Waals surface area contributed by atoms with Crippen LogP contribution in [0.2, 0.25) is 0 Å². The molecule has 2 N–H and O–H groups in total. The number of amides is 4. The second-order valence-electron chi connectivity index (χ2n) is 8.09. The summed E-state index contributed by atoms with van der Waals surface area (Å²) >= 11 is 3.29. The number of anilines is 1. The molecule has 1 fully saturated rings. The summed E-state index contributed by atoms with van der Waals surface area (Å²) in [6.45, 7) is 3.68. The molecular weight excluding hydrogens is 580 g/mol. The molecule has 0 aromatic heterocycles. The molecule has 0 bridgehead atoms. The maximum atomic E-state index is 13.1. The zero-order valence-corrected chi connectivity index (χ0v) is 22.5. The van der Waals surface area contributed by atoms with Gasteiger partial charge in [-0.2, -0.15) is 8.42 Å². The van der Waals surface area contributed by atoms with E-state index in [9.17, 15) is 27.9 Å². The normalized spacial score (nSPS) is 15.0. The van der Waals surface area contributed by atoms with Crippen molar-refractivity contribution in [1.29, 1.82) is 0 Å². The molecule has 1 aliphatic heterocycles. The number of halogens is 1. The lowest BCUT2D eigenvalue weighted by Crippen LogP contribution is -2.54. The van der Waals surface area contributed by atoms with Gasteiger partial charge in [0, 0.05) is 0 Å². The molecule has 1 heterocycles. The third kappa shape index (κ3) is 5.55. The number of urea groups is 1. The second-order valence-corrected chi connectivity index (χ2v) is 10.5. The Bertz CT molecular complexity index is 1570. The fourth-order valence-electron chi connectivity index (χ4n) is 3.54. The lowest BCUT2D eigenvalue weighted by Gasteiger charge is -2.26. The van der Waals surface area contributed by atoms with Gasteiger partial charge in [0.15, 0.2) is 11.5 Å². The number of hydrogen-bond acceptors (Lipinski definition) is 8. The van der Waals surface area contributed by atoms with E-state index in [0.717, 1.165) is 10.5 Å². The Morgan fingerprint density at radius 1 is 1.03 bits per heavy atom. The van der Waals surface area contributed by atoms with Crippen molar-refractivity contribution >= 4 is 55.7 Å². The molecule has 0 spiro atoms. The van der Waals surface area contributed by atoms with Gasteiger partial charge in [-0.3, -0.25) is 14.9 Å². The van der Waals surface area contributed by atoms with Crippen LogP contribution >= 0.6 is 15.9 Å². The number of hydrogen-bond donors (Lipinski definition) is 2. The molecule has 12 heteroatoms. The number of carbonyl (C=O) groups is 3. The van der Waals surface area contributed by atoms with Gasteiger partial charge in [0.25, 0.3) is 11.8 Å². The van der Waals surface area contributed by atoms with Crippen LogP contribution in [0.3, 0.4) is 0 Å². The first-order valence-electron chi connectivity index (χ1n) is 11.2. The second kappa shape index (κ2) is 10.7. The van der Waals surface area contributed by atoms with Crippen LogP contribution in [0.1, 0.15) is 18.1 Å². The highest BCUT2D eigenvalue weighted by Gasteiger charge is 2.37. The molecule has 3 aromatic carbocycles. The number of nitrogens with one attached hydrogen (secondary N) is 1. The van der Waals surface area contributed by atoms with Crippen molar-refractivity contribution in [2.45, 2.75) is 18.7 Å². The number of benzene rings is 3. The maximum Gasteiger partial charge on any atom is 0.339 e. The Morgan fingerprint density at radius 3 is 2.32 bits per heavy atom. The molecule has 1 saturated heterocycles. The largest absolute Gasteiger partial charge is 0.508 e. The topological polar surface area (TPSA) is 139 Å². The van der Waals surface area contributed by atoms with Crippen molar-refractivity contribution in [2.24, 2.45) is 0 Å². The number of imide groups is 2. The number of ether oxygens (including phenoxy) is 1. The minimum Gasteiger partial charge on any atom is -0.508 e. The van der Waals surface area contributed by atoms with Gasteiger partial charge in [-0.25, -0.2) is 9.69 Å². The van der Waals surface area contributed by atoms with Gasteiger partial charge in [0.1, 0.15) is 16.2 Å². The molecule has 0 aliphatic carbocycles. The summed E-state index contributed by atoms with van der Waals surface area (Å²) in [6.07, 6.45) is 1.24. The predicted octanol–water partition coefficient (Wildman–Crippen LogP) is 4.30. The van der Waals surface area contributed by atoms with Gasteiger partial charge < -0.3 is 14.0 Å². The van der Waals surface area contributed by atoms with Crippen molar-refractivity contribution < 1.29 is 36.8 Å². The molecule has 0 saturated carbocycles. The van der Waals surface area contributed by atoms with E-state index < -0.39 is 28.0 Å². The SMILES string of the molecule is CCOc1cc(/C=C2\C(=O)NC(=O)N(c3ccc(O)cc3)C2=O)cc(Br)c1OS(=O)(=O)c1ccc(C)cc1. The van der Waals surface area contributed by atoms with Crippen LogP contribution < -0.4 is 19.1 Å². The molecular formula is C26H21BrN2O8S. The standard InChI is InChI=1S/C26H21BrN2O8S/c1-3-36-22-14-16(13-21(27)23(22)37-38(34,35)19-10-4-15(2)5-11-19)12-20-24(31)28-26(33)29(25(20)32)17-6-8-18(30)9-7-17/h4-14,30H,3H2,1-2H3,(H,28,31,33)/b20-12+. The summed E-state index contributed by atoms with van der Waals surface area (Å²) in [7, 11) is -4.20. The molecule has 38 heavy (non-hydrogen) atoms. The fourth-order valence-corrected chi connectivity index (χ4v) is 5.14. The number of rotatable bonds is 7. The summed E-state index contributed by atoms with van der Waals surface area (Å²) in [6, 6.07) is 13.3. The number of aryl methyl sites for hydroxylation is 1. The fraction of sp³-hybridized carbons (Fsp3) is 0.115. The number of barbiturate groups is 1. The van der Waals surface area contributed by atoms with Crippen molar-refractivity contribution in [2.75, 3.05) is 11.5 Å². The first-order valence-corrected chi connectivity index (χ1v) is 13.4. The Balaban J connectivity index is 1.72. The summed E-state index contributed by atoms with van der Waals surface area (Å²) < 4.78 is 36.9. The maximum absolute atomic E-state index is 13.1. The van der Waals surface area contributed by atoms with Gasteiger partial charge in [0.2, 0.25) is 0 Å². The third-order valence-corrected chi connectivity index (χ3v) is 7.18. The van der Waals surface area contributed by atoms with Gasteiger partial charge in [-0.1, -0.05) is 17.7 Å². The van der Waals surface area contributed by atoms with Gasteiger partial charge in [-0.15, -0.1) is 0 Å². The minimum atomic E-state index is -4.20. The Morgan fingerprint density at radius 2 is 1.68 bits per heavy atom. The Labute approximate surface area is 226 Å². The zero-order valence-electron chi connectivity index (χ0n) is 20.1. The highest BCUT2D eigenvalue weighted by atomic mass is 79.9. The Hall–Kier alpha value is -4.16. The number of aromatic hydroxyl groups is 1. The summed E-state index contributed by atoms with van der Waals surface area (Å²) in [5.74, 6) is -1.94. The highest BCUT2D eigenvalue weighted by molar-refractivity contribution is 9.10. The minimum absolute atomic E-state index is 0.0412. The lowest BCUT2D eigenvalue weighted by atomic mass is 10.1. The van der Waals surface area contributed by atoms with E-state index in [2.05, 4.69) is 21.2 Å². The van der Waals surface area contributed by atoms with Crippen molar-refractivity contribution in [1.82, 2.24) is 5.32 Å². The number of nitrogens with zero attached hydrogens (tertiary/aromatic N) is 1. The molecule has 4 rings (SSSR count). The molecule has 0 unspecified atom stereocenters. The molecule has 196 valence electrons. The molecule has 10 nitrogen and oxygen atoms in total. The van der Waals surface area contributed by atoms with Crippen LogP contribution in [-0.4, -0.2) is 38.0 Å². The monoisotopic (exact) mass is 600 g/mol. The first kappa shape index (κ1) is 26.9. The molecule has 4 amide bonds. The lowest BCUT2D eigenvalue weighted by molar-refractivity contribution is -0.122. The van der Waals surface area contributed by atoms with Crippen LogP contribution in [0.15, 0.2) is 75.6 Å². The van der Waals surface area contributed by atoms with E-state index in [1.807, 2.05) is 6.92 Å². The van der Waals surface area contributed by atoms with E-state index >= 15 is 0 Å². The van der Waals surface area contributed by atoms with Crippen LogP contribution in [0.4, 0.5) is 10.5 Å². The first-order chi connectivity index (χ1) is 18.0. The van der Waals surface area contributed by atoms with E-state index in [0.29, 0.717) is 5.56 Å². The van der Waals surface area contributed by atoms with E-state index in [4.69, 9.17) is 8.92 Å². The summed E-state index contributed by atoms with van der Waals surface area (Å²) in [4.78, 5) is 38.8. The Kier molecular flexibility index (Phi) is 7.56. The van der Waals surface area contributed by atoms with Crippen LogP contribution in [-0.2, 0) is 19.7 Å². The van der Waals surface area contributed by atoms with Crippen molar-refractivity contribution in [3.05, 3.63) is 81.8 Å². The van der Waals surface area contributed by atoms with E-state index in [-0.39, 0.29) is 44.5 Å². The number of phenols is 1. The average molecular weight is 601 g/mol. The third-order valence-electron chi connectivity index (χ3n) is 5.35. The molecule has 1 aliphatic rings. The average Bonchev–Trinajstić information content (AvgIpc) is 2.85. The molecule has 0 radical (unpaired) electrons. The number of phenolic OH excluding ortho intramolecular Hbond substituents is 1. The molecule has 0 atom stereocenters. The highest BCUT2D eigenvalue weighted by Crippen LogP contribution is 2.39. The van der Waals surface area contributed by atoms with Crippen LogP contribution in [0.25, 0.3) is 6.08 Å². The predicted molar refractivity (Wildman–Crippen MR) is 141 cm³/mol. The van der Waals surface area contributed by atoms with Gasteiger partial charge in [0.05, 0.1) is 16.8 Å². The van der Waals surface area contributed by atoms with E-state index in [1.165, 1.54) is 54.6 Å². The van der Waals surface area contributed by atoms with E-state index in [1.54, 1.807) is 19.1 Å².